The molecule has 0 spiro atoms. The maximum absolute atomic E-state index is 12.3. The Kier molecular flexibility index (Phi) is 7.66. The third-order valence-electron chi connectivity index (χ3n) is 3.69. The fraction of sp³-hybridized carbons (Fsp3) is 0.350. The molecule has 0 radical (unpaired) electrons. The summed E-state index contributed by atoms with van der Waals surface area (Å²) in [5.41, 5.74) is 0. The number of methoxy groups -OCH3 is 2. The van der Waals surface area contributed by atoms with Crippen molar-refractivity contribution in [1.82, 2.24) is 5.32 Å². The molecule has 0 aliphatic rings. The van der Waals surface area contributed by atoms with Crippen molar-refractivity contribution in [2.45, 2.75) is 30.0 Å². The molecule has 0 fully saturated rings. The summed E-state index contributed by atoms with van der Waals surface area (Å²) in [6, 6.07) is 14.9. The third kappa shape index (κ3) is 6.19. The van der Waals surface area contributed by atoms with Crippen LogP contribution in [0.3, 0.4) is 0 Å². The number of carbonyl (C=O) groups is 1. The average molecular weight is 375 g/mol. The van der Waals surface area contributed by atoms with Gasteiger partial charge in [-0.2, -0.15) is 0 Å². The van der Waals surface area contributed by atoms with Gasteiger partial charge in [0.1, 0.15) is 23.9 Å². The molecular weight excluding hydrogens is 350 g/mol. The lowest BCUT2D eigenvalue weighted by molar-refractivity contribution is -0.121. The predicted octanol–water partition coefficient (Wildman–Crippen LogP) is 3.77. The van der Waals surface area contributed by atoms with Crippen LogP contribution in [0.4, 0.5) is 0 Å². The zero-order valence-electron chi connectivity index (χ0n) is 15.5. The molecule has 5 nitrogen and oxygen atoms in total. The van der Waals surface area contributed by atoms with E-state index in [0.717, 1.165) is 22.1 Å². The fourth-order valence-corrected chi connectivity index (χ4v) is 3.08. The molecule has 6 heteroatoms. The number of rotatable bonds is 9. The van der Waals surface area contributed by atoms with Crippen LogP contribution in [-0.4, -0.2) is 38.0 Å². The minimum absolute atomic E-state index is 0.0170. The Balaban J connectivity index is 1.77. The summed E-state index contributed by atoms with van der Waals surface area (Å²) in [5.74, 6) is 2.31. The van der Waals surface area contributed by atoms with Gasteiger partial charge in [-0.05, 0) is 62.4 Å². The highest BCUT2D eigenvalue weighted by molar-refractivity contribution is 8.00. The Labute approximate surface area is 159 Å². The van der Waals surface area contributed by atoms with Crippen molar-refractivity contribution < 1.29 is 19.0 Å². The van der Waals surface area contributed by atoms with Crippen molar-refractivity contribution in [3.05, 3.63) is 48.5 Å². The standard InChI is InChI=1S/C20H25NO4S/c1-14(13-25-18-7-5-16(23-3)6-8-18)21-20(22)15(2)26-19-11-9-17(24-4)10-12-19/h5-12,14-15H,13H2,1-4H3,(H,21,22)/t14-,15+/m1/s1. The van der Waals surface area contributed by atoms with Crippen molar-refractivity contribution in [3.8, 4) is 17.2 Å². The first-order chi connectivity index (χ1) is 12.5. The van der Waals surface area contributed by atoms with Gasteiger partial charge < -0.3 is 19.5 Å². The van der Waals surface area contributed by atoms with E-state index in [1.54, 1.807) is 14.2 Å². The number of carbonyl (C=O) groups excluding carboxylic acids is 1. The first kappa shape index (κ1) is 20.0. The maximum Gasteiger partial charge on any atom is 0.233 e. The Morgan fingerprint density at radius 2 is 1.42 bits per heavy atom. The Bertz CT molecular complexity index is 688. The SMILES string of the molecule is COc1ccc(OC[C@@H](C)NC(=O)[C@H](C)Sc2ccc(OC)cc2)cc1. The predicted molar refractivity (Wildman–Crippen MR) is 104 cm³/mol. The summed E-state index contributed by atoms with van der Waals surface area (Å²) >= 11 is 1.51. The lowest BCUT2D eigenvalue weighted by Gasteiger charge is -2.18. The van der Waals surface area contributed by atoms with Crippen molar-refractivity contribution in [2.75, 3.05) is 20.8 Å². The fourth-order valence-electron chi connectivity index (χ4n) is 2.21. The lowest BCUT2D eigenvalue weighted by atomic mass is 10.3. The van der Waals surface area contributed by atoms with Crippen LogP contribution in [0.2, 0.25) is 0 Å². The zero-order chi connectivity index (χ0) is 18.9. The van der Waals surface area contributed by atoms with Gasteiger partial charge in [-0.3, -0.25) is 4.79 Å². The van der Waals surface area contributed by atoms with Gasteiger partial charge in [-0.1, -0.05) is 0 Å². The molecule has 1 N–H and O–H groups in total. The second-order valence-corrected chi connectivity index (χ2v) is 7.25. The van der Waals surface area contributed by atoms with E-state index in [4.69, 9.17) is 14.2 Å². The van der Waals surface area contributed by atoms with Crippen LogP contribution in [0, 0.1) is 0 Å². The first-order valence-electron chi connectivity index (χ1n) is 8.39. The van der Waals surface area contributed by atoms with E-state index >= 15 is 0 Å². The number of amides is 1. The molecule has 26 heavy (non-hydrogen) atoms. The van der Waals surface area contributed by atoms with Crippen molar-refractivity contribution in [1.29, 1.82) is 0 Å². The van der Waals surface area contributed by atoms with Crippen molar-refractivity contribution in [3.63, 3.8) is 0 Å². The molecule has 2 rings (SSSR count). The molecule has 0 unspecified atom stereocenters. The molecular formula is C20H25NO4S. The Hall–Kier alpha value is -2.34. The van der Waals surface area contributed by atoms with Gasteiger partial charge in [0.2, 0.25) is 5.91 Å². The second-order valence-electron chi connectivity index (χ2n) is 5.83. The summed E-state index contributed by atoms with van der Waals surface area (Å²) in [7, 11) is 3.26. The topological polar surface area (TPSA) is 56.8 Å². The number of nitrogens with one attached hydrogen (secondary N) is 1. The Morgan fingerprint density at radius 1 is 0.923 bits per heavy atom. The molecule has 2 atom stereocenters. The third-order valence-corrected chi connectivity index (χ3v) is 4.80. The molecule has 1 amide bonds. The monoisotopic (exact) mass is 375 g/mol. The van der Waals surface area contributed by atoms with E-state index in [1.165, 1.54) is 11.8 Å². The van der Waals surface area contributed by atoms with E-state index < -0.39 is 0 Å². The first-order valence-corrected chi connectivity index (χ1v) is 9.27. The van der Waals surface area contributed by atoms with E-state index in [-0.39, 0.29) is 17.2 Å². The molecule has 0 aliphatic heterocycles. The average Bonchev–Trinajstić information content (AvgIpc) is 2.67. The molecule has 0 saturated heterocycles. The van der Waals surface area contributed by atoms with E-state index in [1.807, 2.05) is 62.4 Å². The largest absolute Gasteiger partial charge is 0.497 e. The van der Waals surface area contributed by atoms with Gasteiger partial charge in [-0.25, -0.2) is 0 Å². The molecule has 2 aromatic rings. The number of ether oxygens (including phenoxy) is 3. The summed E-state index contributed by atoms with van der Waals surface area (Å²) in [6.07, 6.45) is 0. The number of benzene rings is 2. The van der Waals surface area contributed by atoms with Gasteiger partial charge in [0.05, 0.1) is 25.5 Å². The van der Waals surface area contributed by atoms with Crippen LogP contribution in [0.25, 0.3) is 0 Å². The van der Waals surface area contributed by atoms with Crippen LogP contribution in [-0.2, 0) is 4.79 Å². The van der Waals surface area contributed by atoms with E-state index in [0.29, 0.717) is 6.61 Å². The molecule has 2 aromatic carbocycles. The van der Waals surface area contributed by atoms with E-state index in [9.17, 15) is 4.79 Å². The van der Waals surface area contributed by atoms with Gasteiger partial charge in [0.25, 0.3) is 0 Å². The van der Waals surface area contributed by atoms with Gasteiger partial charge in [0, 0.05) is 4.90 Å². The normalized spacial score (nSPS) is 12.8. The summed E-state index contributed by atoms with van der Waals surface area (Å²) in [5, 5.41) is 2.78. The van der Waals surface area contributed by atoms with Gasteiger partial charge in [-0.15, -0.1) is 11.8 Å². The summed E-state index contributed by atoms with van der Waals surface area (Å²) in [4.78, 5) is 13.4. The highest BCUT2D eigenvalue weighted by atomic mass is 32.2. The van der Waals surface area contributed by atoms with Crippen LogP contribution in [0.5, 0.6) is 17.2 Å². The summed E-state index contributed by atoms with van der Waals surface area (Å²) in [6.45, 7) is 4.21. The number of thioether (sulfide) groups is 1. The second kappa shape index (κ2) is 9.97. The molecule has 140 valence electrons. The lowest BCUT2D eigenvalue weighted by Crippen LogP contribution is -2.40. The number of hydrogen-bond acceptors (Lipinski definition) is 5. The smallest absolute Gasteiger partial charge is 0.233 e. The van der Waals surface area contributed by atoms with Gasteiger partial charge in [0.15, 0.2) is 0 Å². The highest BCUT2D eigenvalue weighted by Gasteiger charge is 2.17. The number of hydrogen-bond donors (Lipinski definition) is 1. The van der Waals surface area contributed by atoms with Crippen molar-refractivity contribution in [2.24, 2.45) is 0 Å². The maximum atomic E-state index is 12.3. The molecule has 0 saturated carbocycles. The van der Waals surface area contributed by atoms with Crippen molar-refractivity contribution >= 4 is 17.7 Å². The molecule has 0 heterocycles. The molecule has 0 bridgehead atoms. The Morgan fingerprint density at radius 3 is 1.96 bits per heavy atom. The van der Waals surface area contributed by atoms with Crippen LogP contribution >= 0.6 is 11.8 Å². The minimum atomic E-state index is -0.202. The van der Waals surface area contributed by atoms with Crippen LogP contribution in [0.1, 0.15) is 13.8 Å². The van der Waals surface area contributed by atoms with Crippen LogP contribution in [0.15, 0.2) is 53.4 Å². The van der Waals surface area contributed by atoms with E-state index in [2.05, 4.69) is 5.32 Å². The molecule has 0 aliphatic carbocycles. The summed E-state index contributed by atoms with van der Waals surface area (Å²) < 4.78 is 16.0. The van der Waals surface area contributed by atoms with Crippen LogP contribution < -0.4 is 19.5 Å². The minimum Gasteiger partial charge on any atom is -0.497 e. The quantitative estimate of drug-likeness (QED) is 0.676. The zero-order valence-corrected chi connectivity index (χ0v) is 16.3. The molecule has 0 aromatic heterocycles. The highest BCUT2D eigenvalue weighted by Crippen LogP contribution is 2.25. The van der Waals surface area contributed by atoms with Gasteiger partial charge >= 0.3 is 0 Å².